The van der Waals surface area contributed by atoms with E-state index >= 15 is 0 Å². The van der Waals surface area contributed by atoms with E-state index in [1.54, 1.807) is 0 Å². The maximum Gasteiger partial charge on any atom is 0.304 e. The van der Waals surface area contributed by atoms with E-state index in [2.05, 4.69) is 29.2 Å². The SMILES string of the molecule is CN(CCC(=O)O)CC1Cc2ccccc2S1. The molecule has 0 saturated heterocycles. The van der Waals surface area contributed by atoms with Gasteiger partial charge in [-0.2, -0.15) is 0 Å². The van der Waals surface area contributed by atoms with Crippen molar-refractivity contribution in [1.29, 1.82) is 0 Å². The average molecular weight is 251 g/mol. The first kappa shape index (κ1) is 12.5. The molecule has 0 radical (unpaired) electrons. The first-order valence-electron chi connectivity index (χ1n) is 5.80. The van der Waals surface area contributed by atoms with Crippen molar-refractivity contribution in [3.8, 4) is 0 Å². The summed E-state index contributed by atoms with van der Waals surface area (Å²) in [6.45, 7) is 1.58. The van der Waals surface area contributed by atoms with Crippen LogP contribution in [-0.2, 0) is 11.2 Å². The molecule has 0 spiro atoms. The van der Waals surface area contributed by atoms with Gasteiger partial charge in [-0.1, -0.05) is 18.2 Å². The van der Waals surface area contributed by atoms with Crippen LogP contribution in [0.2, 0.25) is 0 Å². The lowest BCUT2D eigenvalue weighted by atomic mass is 10.1. The van der Waals surface area contributed by atoms with E-state index in [-0.39, 0.29) is 6.42 Å². The van der Waals surface area contributed by atoms with E-state index in [0.717, 1.165) is 13.0 Å². The second kappa shape index (κ2) is 5.56. The van der Waals surface area contributed by atoms with Gasteiger partial charge in [0.25, 0.3) is 0 Å². The molecule has 0 bridgehead atoms. The second-order valence-corrected chi connectivity index (χ2v) is 5.80. The molecule has 0 saturated carbocycles. The quantitative estimate of drug-likeness (QED) is 0.870. The van der Waals surface area contributed by atoms with Gasteiger partial charge >= 0.3 is 5.97 Å². The van der Waals surface area contributed by atoms with Crippen molar-refractivity contribution in [3.63, 3.8) is 0 Å². The lowest BCUT2D eigenvalue weighted by Gasteiger charge is -2.19. The highest BCUT2D eigenvalue weighted by Gasteiger charge is 2.22. The first-order chi connectivity index (χ1) is 8.15. The van der Waals surface area contributed by atoms with Gasteiger partial charge in [0.05, 0.1) is 6.42 Å². The number of fused-ring (bicyclic) bond motifs is 1. The molecule has 1 N–H and O–H groups in total. The fourth-order valence-corrected chi connectivity index (χ4v) is 3.49. The summed E-state index contributed by atoms with van der Waals surface area (Å²) in [6.07, 6.45) is 1.32. The number of thioether (sulfide) groups is 1. The maximum absolute atomic E-state index is 10.5. The highest BCUT2D eigenvalue weighted by molar-refractivity contribution is 8.00. The van der Waals surface area contributed by atoms with Gasteiger partial charge in [0.2, 0.25) is 0 Å². The summed E-state index contributed by atoms with van der Waals surface area (Å²) in [5.41, 5.74) is 1.43. The second-order valence-electron chi connectivity index (χ2n) is 4.46. The Morgan fingerprint density at radius 1 is 1.53 bits per heavy atom. The van der Waals surface area contributed by atoms with Gasteiger partial charge in [0, 0.05) is 23.2 Å². The Bertz CT molecular complexity index is 383. The summed E-state index contributed by atoms with van der Waals surface area (Å²) >= 11 is 1.91. The standard InChI is InChI=1S/C13H17NO2S/c1-14(7-6-13(15)16)9-11-8-10-4-2-3-5-12(10)17-11/h2-5,11H,6-9H2,1H3,(H,15,16). The summed E-state index contributed by atoms with van der Waals surface area (Å²) in [5.74, 6) is -0.723. The van der Waals surface area contributed by atoms with Gasteiger partial charge in [-0.15, -0.1) is 11.8 Å². The zero-order chi connectivity index (χ0) is 12.3. The molecule has 0 amide bonds. The van der Waals surface area contributed by atoms with Gasteiger partial charge in [0.1, 0.15) is 0 Å². The number of rotatable bonds is 5. The van der Waals surface area contributed by atoms with Crippen molar-refractivity contribution in [3.05, 3.63) is 29.8 Å². The third-order valence-electron chi connectivity index (χ3n) is 2.94. The zero-order valence-corrected chi connectivity index (χ0v) is 10.7. The fourth-order valence-electron chi connectivity index (χ4n) is 2.08. The third kappa shape index (κ3) is 3.48. The van der Waals surface area contributed by atoms with E-state index in [0.29, 0.717) is 11.8 Å². The van der Waals surface area contributed by atoms with Crippen LogP contribution in [0.1, 0.15) is 12.0 Å². The predicted molar refractivity (Wildman–Crippen MR) is 69.5 cm³/mol. The Labute approximate surface area is 106 Å². The number of nitrogens with zero attached hydrogens (tertiary/aromatic N) is 1. The molecule has 92 valence electrons. The Kier molecular flexibility index (Phi) is 4.07. The number of benzene rings is 1. The van der Waals surface area contributed by atoms with Gasteiger partial charge in [-0.05, 0) is 25.1 Å². The van der Waals surface area contributed by atoms with Crippen molar-refractivity contribution >= 4 is 17.7 Å². The molecule has 0 fully saturated rings. The van der Waals surface area contributed by atoms with Crippen LogP contribution in [0, 0.1) is 0 Å². The predicted octanol–water partition coefficient (Wildman–Crippen LogP) is 2.11. The molecule has 1 aromatic rings. The Morgan fingerprint density at radius 3 is 3.00 bits per heavy atom. The van der Waals surface area contributed by atoms with Crippen molar-refractivity contribution < 1.29 is 9.90 Å². The minimum absolute atomic E-state index is 0.223. The first-order valence-corrected chi connectivity index (χ1v) is 6.68. The van der Waals surface area contributed by atoms with Crippen molar-refractivity contribution in [2.24, 2.45) is 0 Å². The highest BCUT2D eigenvalue weighted by atomic mass is 32.2. The minimum Gasteiger partial charge on any atom is -0.481 e. The van der Waals surface area contributed by atoms with Crippen molar-refractivity contribution in [2.75, 3.05) is 20.1 Å². The molecule has 1 aliphatic heterocycles. The van der Waals surface area contributed by atoms with E-state index in [1.165, 1.54) is 10.5 Å². The lowest BCUT2D eigenvalue weighted by Crippen LogP contribution is -2.29. The molecule has 0 aromatic heterocycles. The van der Waals surface area contributed by atoms with Gasteiger partial charge < -0.3 is 10.0 Å². The smallest absolute Gasteiger partial charge is 0.304 e. The minimum atomic E-state index is -0.723. The van der Waals surface area contributed by atoms with E-state index in [4.69, 9.17) is 5.11 Å². The molecular weight excluding hydrogens is 234 g/mol. The molecule has 0 aliphatic carbocycles. The van der Waals surface area contributed by atoms with Crippen LogP contribution in [-0.4, -0.2) is 41.4 Å². The van der Waals surface area contributed by atoms with Gasteiger partial charge in [-0.25, -0.2) is 0 Å². The number of carboxylic acids is 1. The topological polar surface area (TPSA) is 40.5 Å². The third-order valence-corrected chi connectivity index (χ3v) is 4.24. The van der Waals surface area contributed by atoms with Crippen LogP contribution in [0.4, 0.5) is 0 Å². The molecule has 1 aliphatic rings. The Hall–Kier alpha value is -1.00. The summed E-state index contributed by atoms with van der Waals surface area (Å²) in [4.78, 5) is 14.0. The molecule has 4 heteroatoms. The monoisotopic (exact) mass is 251 g/mol. The fraction of sp³-hybridized carbons (Fsp3) is 0.462. The summed E-state index contributed by atoms with van der Waals surface area (Å²) in [6, 6.07) is 8.50. The normalized spacial score (nSPS) is 18.4. The molecule has 1 atom stereocenters. The van der Waals surface area contributed by atoms with Crippen LogP contribution in [0.3, 0.4) is 0 Å². The van der Waals surface area contributed by atoms with Crippen LogP contribution in [0.25, 0.3) is 0 Å². The summed E-state index contributed by atoms with van der Waals surface area (Å²) in [7, 11) is 1.99. The van der Waals surface area contributed by atoms with E-state index in [9.17, 15) is 4.79 Å². The molecular formula is C13H17NO2S. The van der Waals surface area contributed by atoms with Crippen LogP contribution in [0.15, 0.2) is 29.2 Å². The van der Waals surface area contributed by atoms with Crippen LogP contribution >= 0.6 is 11.8 Å². The summed E-state index contributed by atoms with van der Waals surface area (Å²) < 4.78 is 0. The van der Waals surface area contributed by atoms with Crippen molar-refractivity contribution in [1.82, 2.24) is 4.90 Å². The molecule has 1 heterocycles. The number of hydrogen-bond acceptors (Lipinski definition) is 3. The van der Waals surface area contributed by atoms with E-state index < -0.39 is 5.97 Å². The average Bonchev–Trinajstić information content (AvgIpc) is 2.68. The maximum atomic E-state index is 10.5. The highest BCUT2D eigenvalue weighted by Crippen LogP contribution is 2.36. The molecule has 1 aromatic carbocycles. The van der Waals surface area contributed by atoms with Crippen LogP contribution in [0.5, 0.6) is 0 Å². The Balaban J connectivity index is 1.81. The largest absolute Gasteiger partial charge is 0.481 e. The molecule has 1 unspecified atom stereocenters. The Morgan fingerprint density at radius 2 is 2.29 bits per heavy atom. The van der Waals surface area contributed by atoms with E-state index in [1.807, 2.05) is 18.8 Å². The summed E-state index contributed by atoms with van der Waals surface area (Å²) in [5, 5.41) is 9.19. The molecule has 17 heavy (non-hydrogen) atoms. The number of aliphatic carboxylic acids is 1. The lowest BCUT2D eigenvalue weighted by molar-refractivity contribution is -0.137. The van der Waals surface area contributed by atoms with Crippen molar-refractivity contribution in [2.45, 2.75) is 23.0 Å². The number of carbonyl (C=O) groups is 1. The number of hydrogen-bond donors (Lipinski definition) is 1. The van der Waals surface area contributed by atoms with Crippen LogP contribution < -0.4 is 0 Å². The number of carboxylic acid groups (broad SMARTS) is 1. The molecule has 3 nitrogen and oxygen atoms in total. The molecule has 2 rings (SSSR count). The van der Waals surface area contributed by atoms with Gasteiger partial charge in [0.15, 0.2) is 0 Å². The van der Waals surface area contributed by atoms with Gasteiger partial charge in [-0.3, -0.25) is 4.79 Å². The zero-order valence-electron chi connectivity index (χ0n) is 9.93.